The van der Waals surface area contributed by atoms with E-state index in [1.807, 2.05) is 88.2 Å². The van der Waals surface area contributed by atoms with Gasteiger partial charge >= 0.3 is 5.97 Å². The average molecular weight is 637 g/mol. The number of ether oxygens (including phenoxy) is 1. The summed E-state index contributed by atoms with van der Waals surface area (Å²) in [5.41, 5.74) is 2.60. The van der Waals surface area contributed by atoms with Crippen LogP contribution in [0.25, 0.3) is 10.9 Å². The van der Waals surface area contributed by atoms with E-state index in [1.54, 1.807) is 36.4 Å². The van der Waals surface area contributed by atoms with Gasteiger partial charge in [0.1, 0.15) is 5.52 Å². The summed E-state index contributed by atoms with van der Waals surface area (Å²) in [5, 5.41) is 0.455. The lowest BCUT2D eigenvalue weighted by Crippen LogP contribution is -2.25. The summed E-state index contributed by atoms with van der Waals surface area (Å²) in [6, 6.07) is 29.7. The highest BCUT2D eigenvalue weighted by Crippen LogP contribution is 2.36. The van der Waals surface area contributed by atoms with Gasteiger partial charge < -0.3 is 9.64 Å². The largest absolute Gasteiger partial charge is 0.465 e. The summed E-state index contributed by atoms with van der Waals surface area (Å²) < 4.78 is 34.6. The van der Waals surface area contributed by atoms with Crippen LogP contribution < -0.4 is 4.90 Å². The van der Waals surface area contributed by atoms with Crippen LogP contribution in [0.1, 0.15) is 21.5 Å². The lowest BCUT2D eigenvalue weighted by molar-refractivity contribution is 0.0602. The molecule has 0 N–H and O–H groups in total. The van der Waals surface area contributed by atoms with Crippen molar-refractivity contribution in [3.8, 4) is 0 Å². The third kappa shape index (κ3) is 5.03. The molecule has 38 heavy (non-hydrogen) atoms. The number of fused-ring (bicyclic) bond motifs is 1. The number of aromatic nitrogens is 2. The standard InChI is InChI=1S/C29H24IN3O4S/c1-37-29(34)25-18-31-28(32(19-21-11-5-2-6-12-21)20-22-13-7-3-8-14-22)27-24(25)17-26(30)33(27)38(35,36)23-15-9-4-10-16-23/h2-18H,19-20H2,1H3. The Morgan fingerprint density at radius 2 is 1.42 bits per heavy atom. The third-order valence-corrected chi connectivity index (χ3v) is 9.00. The molecule has 0 aliphatic carbocycles. The Labute approximate surface area is 234 Å². The van der Waals surface area contributed by atoms with Crippen molar-refractivity contribution in [2.45, 2.75) is 18.0 Å². The molecule has 7 nitrogen and oxygen atoms in total. The van der Waals surface area contributed by atoms with Gasteiger partial charge in [0.25, 0.3) is 10.0 Å². The Morgan fingerprint density at radius 1 is 0.895 bits per heavy atom. The van der Waals surface area contributed by atoms with Gasteiger partial charge in [0.05, 0.1) is 21.3 Å². The van der Waals surface area contributed by atoms with Gasteiger partial charge in [-0.15, -0.1) is 0 Å². The summed E-state index contributed by atoms with van der Waals surface area (Å²) in [6.07, 6.45) is 1.46. The van der Waals surface area contributed by atoms with Gasteiger partial charge in [0, 0.05) is 24.7 Å². The predicted octanol–water partition coefficient (Wildman–Crippen LogP) is 5.87. The van der Waals surface area contributed by atoms with Crippen LogP contribution in [-0.2, 0) is 27.8 Å². The van der Waals surface area contributed by atoms with E-state index in [2.05, 4.69) is 4.98 Å². The highest BCUT2D eigenvalue weighted by atomic mass is 127. The first kappa shape index (κ1) is 25.9. The molecule has 0 aliphatic heterocycles. The van der Waals surface area contributed by atoms with E-state index in [0.29, 0.717) is 33.5 Å². The minimum absolute atomic E-state index is 0.141. The molecular weight excluding hydrogens is 613 g/mol. The first-order chi connectivity index (χ1) is 18.4. The number of hydrogen-bond donors (Lipinski definition) is 0. The zero-order chi connectivity index (χ0) is 26.7. The number of carbonyl (C=O) groups is 1. The smallest absolute Gasteiger partial charge is 0.340 e. The van der Waals surface area contributed by atoms with Crippen LogP contribution in [0, 0.1) is 3.70 Å². The molecule has 2 aromatic heterocycles. The van der Waals surface area contributed by atoms with Crippen molar-refractivity contribution in [2.24, 2.45) is 0 Å². The second-order valence-electron chi connectivity index (χ2n) is 8.63. The van der Waals surface area contributed by atoms with Crippen molar-refractivity contribution in [1.29, 1.82) is 0 Å². The van der Waals surface area contributed by atoms with Crippen molar-refractivity contribution < 1.29 is 17.9 Å². The summed E-state index contributed by atoms with van der Waals surface area (Å²) in [4.78, 5) is 19.6. The molecule has 0 saturated heterocycles. The van der Waals surface area contributed by atoms with E-state index in [1.165, 1.54) is 17.3 Å². The zero-order valence-corrected chi connectivity index (χ0v) is 23.5. The Hall–Kier alpha value is -3.70. The summed E-state index contributed by atoms with van der Waals surface area (Å²) in [5.74, 6) is -0.139. The quantitative estimate of drug-likeness (QED) is 0.156. The molecular formula is C29H24IN3O4S. The van der Waals surface area contributed by atoms with E-state index in [0.717, 1.165) is 11.1 Å². The number of anilines is 1. The Kier molecular flexibility index (Phi) is 7.48. The second-order valence-corrected chi connectivity index (χ2v) is 11.5. The molecule has 0 bridgehead atoms. The molecule has 9 heteroatoms. The molecule has 0 saturated carbocycles. The Morgan fingerprint density at radius 3 is 1.95 bits per heavy atom. The minimum atomic E-state index is -4.01. The maximum atomic E-state index is 14.0. The van der Waals surface area contributed by atoms with Gasteiger partial charge in [-0.25, -0.2) is 22.2 Å². The number of nitrogens with zero attached hydrogens (tertiary/aromatic N) is 3. The summed E-state index contributed by atoms with van der Waals surface area (Å²) in [6.45, 7) is 0.950. The van der Waals surface area contributed by atoms with Crippen molar-refractivity contribution >= 4 is 55.3 Å². The first-order valence-electron chi connectivity index (χ1n) is 11.8. The molecule has 5 aromatic rings. The number of benzene rings is 3. The molecule has 0 fully saturated rings. The fourth-order valence-electron chi connectivity index (χ4n) is 4.39. The zero-order valence-electron chi connectivity index (χ0n) is 20.5. The molecule has 192 valence electrons. The van der Waals surface area contributed by atoms with Crippen LogP contribution in [0.2, 0.25) is 0 Å². The van der Waals surface area contributed by atoms with Crippen LogP contribution >= 0.6 is 22.6 Å². The van der Waals surface area contributed by atoms with Crippen molar-refractivity contribution in [3.63, 3.8) is 0 Å². The van der Waals surface area contributed by atoms with Crippen molar-refractivity contribution in [2.75, 3.05) is 12.0 Å². The average Bonchev–Trinajstić information content (AvgIpc) is 3.31. The molecule has 0 spiro atoms. The van der Waals surface area contributed by atoms with E-state index in [4.69, 9.17) is 4.74 Å². The topological polar surface area (TPSA) is 81.5 Å². The van der Waals surface area contributed by atoms with Gasteiger partial charge in [0.15, 0.2) is 5.82 Å². The molecule has 5 rings (SSSR count). The number of carbonyl (C=O) groups excluding carboxylic acids is 1. The van der Waals surface area contributed by atoms with Crippen LogP contribution in [0.5, 0.6) is 0 Å². The normalized spacial score (nSPS) is 11.4. The molecule has 3 aromatic carbocycles. The van der Waals surface area contributed by atoms with Crippen molar-refractivity contribution in [3.05, 3.63) is 124 Å². The fraction of sp³-hybridized carbons (Fsp3) is 0.103. The molecule has 0 atom stereocenters. The number of hydrogen-bond acceptors (Lipinski definition) is 6. The minimum Gasteiger partial charge on any atom is -0.465 e. The highest BCUT2D eigenvalue weighted by Gasteiger charge is 2.29. The molecule has 0 aliphatic rings. The number of pyridine rings is 1. The predicted molar refractivity (Wildman–Crippen MR) is 156 cm³/mol. The monoisotopic (exact) mass is 637 g/mol. The van der Waals surface area contributed by atoms with Crippen LogP contribution in [0.15, 0.2) is 108 Å². The lowest BCUT2D eigenvalue weighted by Gasteiger charge is -2.26. The number of esters is 1. The first-order valence-corrected chi connectivity index (χ1v) is 14.3. The summed E-state index contributed by atoms with van der Waals surface area (Å²) >= 11 is 1.99. The van der Waals surface area contributed by atoms with Gasteiger partial charge in [-0.3, -0.25) is 0 Å². The maximum Gasteiger partial charge on any atom is 0.340 e. The number of methoxy groups -OCH3 is 1. The van der Waals surface area contributed by atoms with Crippen LogP contribution in [-0.4, -0.2) is 30.5 Å². The van der Waals surface area contributed by atoms with E-state index >= 15 is 0 Å². The molecule has 0 amide bonds. The highest BCUT2D eigenvalue weighted by molar-refractivity contribution is 14.1. The Bertz CT molecular complexity index is 1650. The number of rotatable bonds is 8. The van der Waals surface area contributed by atoms with Gasteiger partial charge in [0.2, 0.25) is 0 Å². The third-order valence-electron chi connectivity index (χ3n) is 6.15. The molecule has 2 heterocycles. The van der Waals surface area contributed by atoms with Crippen LogP contribution in [0.3, 0.4) is 0 Å². The Balaban J connectivity index is 1.78. The van der Waals surface area contributed by atoms with Gasteiger partial charge in [-0.2, -0.15) is 0 Å². The number of halogens is 1. The van der Waals surface area contributed by atoms with E-state index in [-0.39, 0.29) is 10.5 Å². The van der Waals surface area contributed by atoms with E-state index in [9.17, 15) is 13.2 Å². The lowest BCUT2D eigenvalue weighted by atomic mass is 10.1. The molecule has 0 radical (unpaired) electrons. The SMILES string of the molecule is COC(=O)c1cnc(N(Cc2ccccc2)Cc2ccccc2)c2c1cc(I)n2S(=O)(=O)c1ccccc1. The second kappa shape index (κ2) is 11.0. The maximum absolute atomic E-state index is 14.0. The van der Waals surface area contributed by atoms with Gasteiger partial charge in [-0.05, 0) is 51.9 Å². The van der Waals surface area contributed by atoms with Crippen molar-refractivity contribution in [1.82, 2.24) is 8.96 Å². The van der Waals surface area contributed by atoms with Gasteiger partial charge in [-0.1, -0.05) is 78.9 Å². The summed E-state index contributed by atoms with van der Waals surface area (Å²) in [7, 11) is -2.72. The van der Waals surface area contributed by atoms with E-state index < -0.39 is 16.0 Å². The molecule has 0 unspecified atom stereocenters. The van der Waals surface area contributed by atoms with Crippen LogP contribution in [0.4, 0.5) is 5.82 Å². The fourth-order valence-corrected chi connectivity index (χ4v) is 7.13.